The SMILES string of the molecule is CCS(=O)(=O)c1ccc(CC(=O)Nc2ccc(C(=O)N3CCCC3c3ccccc3)cc2)cc1. The molecule has 1 aliphatic rings. The summed E-state index contributed by atoms with van der Waals surface area (Å²) >= 11 is 0. The third-order valence-corrected chi connectivity index (χ3v) is 7.89. The van der Waals surface area contributed by atoms with Crippen molar-refractivity contribution in [2.45, 2.75) is 37.1 Å². The zero-order valence-corrected chi connectivity index (χ0v) is 19.9. The zero-order chi connectivity index (χ0) is 24.1. The van der Waals surface area contributed by atoms with Crippen molar-refractivity contribution >= 4 is 27.3 Å². The first-order chi connectivity index (χ1) is 16.4. The Morgan fingerprint density at radius 2 is 1.62 bits per heavy atom. The third-order valence-electron chi connectivity index (χ3n) is 6.14. The molecule has 0 aliphatic carbocycles. The molecule has 176 valence electrons. The molecule has 6 nitrogen and oxygen atoms in total. The average molecular weight is 477 g/mol. The summed E-state index contributed by atoms with van der Waals surface area (Å²) in [5.74, 6) is -0.184. The molecule has 1 saturated heterocycles. The fourth-order valence-corrected chi connectivity index (χ4v) is 5.15. The van der Waals surface area contributed by atoms with Gasteiger partial charge in [0.05, 0.1) is 23.1 Å². The predicted molar refractivity (Wildman–Crippen MR) is 132 cm³/mol. The maximum atomic E-state index is 13.1. The van der Waals surface area contributed by atoms with Gasteiger partial charge in [-0.3, -0.25) is 9.59 Å². The lowest BCUT2D eigenvalue weighted by Crippen LogP contribution is -2.30. The van der Waals surface area contributed by atoms with Gasteiger partial charge in [0.15, 0.2) is 9.84 Å². The Kier molecular flexibility index (Phi) is 7.12. The minimum absolute atomic E-state index is 0.00801. The van der Waals surface area contributed by atoms with E-state index in [0.717, 1.165) is 30.5 Å². The molecular weight excluding hydrogens is 448 g/mol. The number of hydrogen-bond acceptors (Lipinski definition) is 4. The van der Waals surface area contributed by atoms with Crippen LogP contribution in [0.4, 0.5) is 5.69 Å². The van der Waals surface area contributed by atoms with Gasteiger partial charge >= 0.3 is 0 Å². The Morgan fingerprint density at radius 1 is 0.941 bits per heavy atom. The van der Waals surface area contributed by atoms with Crippen LogP contribution < -0.4 is 5.32 Å². The predicted octanol–water partition coefficient (Wildman–Crippen LogP) is 4.64. The molecule has 0 aromatic heterocycles. The van der Waals surface area contributed by atoms with Crippen LogP contribution in [0.15, 0.2) is 83.8 Å². The fraction of sp³-hybridized carbons (Fsp3) is 0.259. The number of hydrogen-bond donors (Lipinski definition) is 1. The largest absolute Gasteiger partial charge is 0.332 e. The van der Waals surface area contributed by atoms with Crippen LogP contribution in [0.5, 0.6) is 0 Å². The number of amides is 2. The van der Waals surface area contributed by atoms with Gasteiger partial charge in [-0.2, -0.15) is 0 Å². The molecule has 7 heteroatoms. The van der Waals surface area contributed by atoms with Crippen molar-refractivity contribution < 1.29 is 18.0 Å². The second-order valence-corrected chi connectivity index (χ2v) is 10.7. The highest BCUT2D eigenvalue weighted by Crippen LogP contribution is 2.33. The van der Waals surface area contributed by atoms with Gasteiger partial charge in [-0.15, -0.1) is 0 Å². The summed E-state index contributed by atoms with van der Waals surface area (Å²) in [5, 5.41) is 2.83. The van der Waals surface area contributed by atoms with Crippen molar-refractivity contribution in [1.82, 2.24) is 4.90 Å². The summed E-state index contributed by atoms with van der Waals surface area (Å²) in [6.07, 6.45) is 2.06. The lowest BCUT2D eigenvalue weighted by molar-refractivity contribution is -0.115. The normalized spacial score (nSPS) is 15.8. The smallest absolute Gasteiger partial charge is 0.254 e. The topological polar surface area (TPSA) is 83.5 Å². The monoisotopic (exact) mass is 476 g/mol. The van der Waals surface area contributed by atoms with Crippen LogP contribution in [0.2, 0.25) is 0 Å². The van der Waals surface area contributed by atoms with E-state index in [0.29, 0.717) is 11.3 Å². The van der Waals surface area contributed by atoms with Gasteiger partial charge in [0, 0.05) is 17.8 Å². The quantitative estimate of drug-likeness (QED) is 0.539. The van der Waals surface area contributed by atoms with Crippen molar-refractivity contribution in [2.24, 2.45) is 0 Å². The summed E-state index contributed by atoms with van der Waals surface area (Å²) in [4.78, 5) is 27.7. The zero-order valence-electron chi connectivity index (χ0n) is 19.1. The number of carbonyl (C=O) groups is 2. The minimum atomic E-state index is -3.26. The molecule has 3 aromatic rings. The molecule has 1 heterocycles. The summed E-state index contributed by atoms with van der Waals surface area (Å²) in [7, 11) is -3.26. The maximum absolute atomic E-state index is 13.1. The standard InChI is InChI=1S/C27H28N2O4S/c1-2-34(32,33)24-16-10-20(11-17-24)19-26(30)28-23-14-12-22(13-15-23)27(31)29-18-6-9-25(29)21-7-4-3-5-8-21/h3-5,7-8,10-17,25H,2,6,9,18-19H2,1H3,(H,28,30). The molecule has 4 rings (SSSR count). The number of anilines is 1. The number of nitrogens with one attached hydrogen (secondary N) is 1. The molecule has 1 N–H and O–H groups in total. The Labute approximate surface area is 200 Å². The summed E-state index contributed by atoms with van der Waals surface area (Å²) in [6.45, 7) is 2.33. The highest BCUT2D eigenvalue weighted by atomic mass is 32.2. The summed E-state index contributed by atoms with van der Waals surface area (Å²) in [5.41, 5.74) is 3.07. The van der Waals surface area contributed by atoms with Crippen molar-refractivity contribution in [2.75, 3.05) is 17.6 Å². The van der Waals surface area contributed by atoms with Crippen LogP contribution in [-0.2, 0) is 21.1 Å². The van der Waals surface area contributed by atoms with Crippen molar-refractivity contribution in [3.8, 4) is 0 Å². The molecular formula is C27H28N2O4S. The molecule has 0 bridgehead atoms. The Morgan fingerprint density at radius 3 is 2.26 bits per heavy atom. The second-order valence-electron chi connectivity index (χ2n) is 8.42. The van der Waals surface area contributed by atoms with Crippen LogP contribution >= 0.6 is 0 Å². The van der Waals surface area contributed by atoms with E-state index in [1.54, 1.807) is 43.3 Å². The number of nitrogens with zero attached hydrogens (tertiary/aromatic N) is 1. The number of sulfone groups is 1. The molecule has 1 atom stereocenters. The molecule has 34 heavy (non-hydrogen) atoms. The second kappa shape index (κ2) is 10.2. The molecule has 2 amide bonds. The molecule has 0 spiro atoms. The highest BCUT2D eigenvalue weighted by Gasteiger charge is 2.30. The van der Waals surface area contributed by atoms with Crippen LogP contribution in [0, 0.1) is 0 Å². The lowest BCUT2D eigenvalue weighted by Gasteiger charge is -2.25. The molecule has 1 fully saturated rings. The summed E-state index contributed by atoms with van der Waals surface area (Å²) < 4.78 is 23.8. The molecule has 1 aliphatic heterocycles. The van der Waals surface area contributed by atoms with E-state index in [-0.39, 0.29) is 34.9 Å². The lowest BCUT2D eigenvalue weighted by atomic mass is 10.0. The Hall–Kier alpha value is -3.45. The van der Waals surface area contributed by atoms with Gasteiger partial charge in [-0.1, -0.05) is 49.4 Å². The first-order valence-corrected chi connectivity index (χ1v) is 13.1. The highest BCUT2D eigenvalue weighted by molar-refractivity contribution is 7.91. The maximum Gasteiger partial charge on any atom is 0.254 e. The van der Waals surface area contributed by atoms with Crippen LogP contribution in [0.1, 0.15) is 47.3 Å². The van der Waals surface area contributed by atoms with Crippen molar-refractivity contribution in [3.63, 3.8) is 0 Å². The number of benzene rings is 3. The van der Waals surface area contributed by atoms with Gasteiger partial charge < -0.3 is 10.2 Å². The first-order valence-electron chi connectivity index (χ1n) is 11.4. The number of rotatable bonds is 7. The van der Waals surface area contributed by atoms with Crippen LogP contribution in [0.25, 0.3) is 0 Å². The van der Waals surface area contributed by atoms with Gasteiger partial charge in [-0.25, -0.2) is 8.42 Å². The number of carbonyl (C=O) groups excluding carboxylic acids is 2. The third kappa shape index (κ3) is 5.37. The Bertz CT molecular complexity index is 1250. The van der Waals surface area contributed by atoms with E-state index in [4.69, 9.17) is 0 Å². The molecule has 3 aromatic carbocycles. The number of likely N-dealkylation sites (tertiary alicyclic amines) is 1. The molecule has 0 radical (unpaired) electrons. The van der Waals surface area contributed by atoms with E-state index in [1.807, 2.05) is 23.1 Å². The van der Waals surface area contributed by atoms with E-state index < -0.39 is 9.84 Å². The summed E-state index contributed by atoms with van der Waals surface area (Å²) in [6, 6.07) is 23.5. The minimum Gasteiger partial charge on any atom is -0.332 e. The van der Waals surface area contributed by atoms with E-state index in [2.05, 4.69) is 17.4 Å². The van der Waals surface area contributed by atoms with Gasteiger partial charge in [0.25, 0.3) is 5.91 Å². The van der Waals surface area contributed by atoms with Gasteiger partial charge in [0.2, 0.25) is 5.91 Å². The van der Waals surface area contributed by atoms with Gasteiger partial charge in [-0.05, 0) is 60.4 Å². The van der Waals surface area contributed by atoms with E-state index in [1.165, 1.54) is 12.1 Å². The molecule has 0 saturated carbocycles. The van der Waals surface area contributed by atoms with E-state index >= 15 is 0 Å². The molecule has 1 unspecified atom stereocenters. The fourth-order valence-electron chi connectivity index (χ4n) is 4.27. The van der Waals surface area contributed by atoms with Crippen molar-refractivity contribution in [3.05, 3.63) is 95.6 Å². The van der Waals surface area contributed by atoms with E-state index in [9.17, 15) is 18.0 Å². The van der Waals surface area contributed by atoms with Crippen LogP contribution in [-0.4, -0.2) is 37.4 Å². The van der Waals surface area contributed by atoms with Crippen molar-refractivity contribution in [1.29, 1.82) is 0 Å². The average Bonchev–Trinajstić information content (AvgIpc) is 3.35. The Balaban J connectivity index is 1.37. The first kappa shape index (κ1) is 23.7. The van der Waals surface area contributed by atoms with Gasteiger partial charge in [0.1, 0.15) is 0 Å². The van der Waals surface area contributed by atoms with Crippen LogP contribution in [0.3, 0.4) is 0 Å².